The molecule has 3 aromatic rings. The third-order valence-corrected chi connectivity index (χ3v) is 6.87. The number of aromatic nitrogens is 5. The van der Waals surface area contributed by atoms with Crippen molar-refractivity contribution in [2.75, 3.05) is 37.3 Å². The Labute approximate surface area is 189 Å². The second-order valence-corrected chi connectivity index (χ2v) is 10.3. The Morgan fingerprint density at radius 2 is 2.06 bits per heavy atom. The zero-order chi connectivity index (χ0) is 23.2. The summed E-state index contributed by atoms with van der Waals surface area (Å²) in [4.78, 5) is 17.5. The number of fused-ring (bicyclic) bond motifs is 2. The van der Waals surface area contributed by atoms with Gasteiger partial charge in [-0.3, -0.25) is 4.90 Å². The standard InChI is InChI=1S/C20H24F2N8O2S/c1-33(31,32)26-8-14-11-28(10-13-3-2-6-29(13)14)19-7-16(24-12-25-19)17-9-23-18-5-4-15(20(21)22)27-30(17)18/h4-5,7,9,12-14,20,26H,2-3,6,8,10-11H2,1H3/t13-,14?/m0/s1. The van der Waals surface area contributed by atoms with Crippen LogP contribution in [0.3, 0.4) is 0 Å². The molecule has 0 spiro atoms. The first-order valence-electron chi connectivity index (χ1n) is 10.7. The number of imidazole rings is 1. The fourth-order valence-electron chi connectivity index (χ4n) is 4.68. The lowest BCUT2D eigenvalue weighted by Crippen LogP contribution is -2.59. The Bertz CT molecular complexity index is 1270. The fraction of sp³-hybridized carbons (Fsp3) is 0.500. The van der Waals surface area contributed by atoms with Gasteiger partial charge in [0.05, 0.1) is 18.1 Å². The molecule has 176 valence electrons. The first kappa shape index (κ1) is 22.0. The highest BCUT2D eigenvalue weighted by molar-refractivity contribution is 7.88. The molecule has 10 nitrogen and oxygen atoms in total. The molecule has 2 atom stereocenters. The lowest BCUT2D eigenvalue weighted by atomic mass is 10.1. The third-order valence-electron chi connectivity index (χ3n) is 6.18. The monoisotopic (exact) mass is 478 g/mol. The second-order valence-electron chi connectivity index (χ2n) is 8.45. The molecule has 5 rings (SSSR count). The molecular formula is C20H24F2N8O2S. The Balaban J connectivity index is 1.44. The van der Waals surface area contributed by atoms with Crippen LogP contribution < -0.4 is 9.62 Å². The molecule has 0 aliphatic carbocycles. The van der Waals surface area contributed by atoms with Crippen LogP contribution in [0.15, 0.2) is 30.7 Å². The molecule has 3 aromatic heterocycles. The van der Waals surface area contributed by atoms with Gasteiger partial charge in [0.25, 0.3) is 6.43 Å². The van der Waals surface area contributed by atoms with Gasteiger partial charge in [-0.15, -0.1) is 0 Å². The van der Waals surface area contributed by atoms with Crippen LogP contribution in [0.2, 0.25) is 0 Å². The Morgan fingerprint density at radius 1 is 1.21 bits per heavy atom. The van der Waals surface area contributed by atoms with Gasteiger partial charge in [0.2, 0.25) is 10.0 Å². The number of rotatable bonds is 6. The maximum Gasteiger partial charge on any atom is 0.282 e. The molecule has 0 saturated carbocycles. The van der Waals surface area contributed by atoms with Crippen molar-refractivity contribution >= 4 is 21.5 Å². The van der Waals surface area contributed by atoms with Crippen molar-refractivity contribution in [1.82, 2.24) is 34.2 Å². The zero-order valence-corrected chi connectivity index (χ0v) is 18.8. The SMILES string of the molecule is CS(=O)(=O)NCC1CN(c2cc(-c3cnc4ccc(C(F)F)nn34)ncn2)C[C@@H]2CCCN12. The second kappa shape index (κ2) is 8.54. The Hall–Kier alpha value is -2.77. The first-order valence-corrected chi connectivity index (χ1v) is 12.6. The van der Waals surface area contributed by atoms with Crippen molar-refractivity contribution < 1.29 is 17.2 Å². The summed E-state index contributed by atoms with van der Waals surface area (Å²) in [5, 5.41) is 4.01. The molecule has 0 radical (unpaired) electrons. The van der Waals surface area contributed by atoms with E-state index in [0.29, 0.717) is 42.0 Å². The molecule has 2 saturated heterocycles. The van der Waals surface area contributed by atoms with Crippen LogP contribution >= 0.6 is 0 Å². The number of halogens is 2. The third kappa shape index (κ3) is 4.52. The van der Waals surface area contributed by atoms with Crippen molar-refractivity contribution in [1.29, 1.82) is 0 Å². The van der Waals surface area contributed by atoms with E-state index in [1.54, 1.807) is 12.3 Å². The van der Waals surface area contributed by atoms with E-state index in [2.05, 4.69) is 34.6 Å². The van der Waals surface area contributed by atoms with Crippen molar-refractivity contribution in [3.8, 4) is 11.4 Å². The highest BCUT2D eigenvalue weighted by atomic mass is 32.2. The van der Waals surface area contributed by atoms with Crippen molar-refractivity contribution in [2.24, 2.45) is 0 Å². The van der Waals surface area contributed by atoms with Gasteiger partial charge in [-0.2, -0.15) is 5.10 Å². The summed E-state index contributed by atoms with van der Waals surface area (Å²) in [6, 6.07) is 4.89. The average Bonchev–Trinajstić information content (AvgIpc) is 3.43. The molecule has 0 aromatic carbocycles. The van der Waals surface area contributed by atoms with E-state index in [0.717, 1.165) is 32.2 Å². The van der Waals surface area contributed by atoms with Gasteiger partial charge in [0.15, 0.2) is 5.65 Å². The van der Waals surface area contributed by atoms with Gasteiger partial charge in [-0.25, -0.2) is 41.4 Å². The number of alkyl halides is 2. The summed E-state index contributed by atoms with van der Waals surface area (Å²) in [5.74, 6) is 0.691. The number of sulfonamides is 1. The van der Waals surface area contributed by atoms with Gasteiger partial charge >= 0.3 is 0 Å². The quantitative estimate of drug-likeness (QED) is 0.565. The molecule has 13 heteroatoms. The minimum Gasteiger partial charge on any atom is -0.353 e. The minimum absolute atomic E-state index is 0.0189. The van der Waals surface area contributed by atoms with Crippen LogP contribution in [0.5, 0.6) is 0 Å². The lowest BCUT2D eigenvalue weighted by molar-refractivity contribution is 0.144. The number of nitrogens with zero attached hydrogens (tertiary/aromatic N) is 7. The number of nitrogens with one attached hydrogen (secondary N) is 1. The molecular weight excluding hydrogens is 454 g/mol. The normalized spacial score (nSPS) is 21.8. The topological polar surface area (TPSA) is 109 Å². The molecule has 2 aliphatic rings. The highest BCUT2D eigenvalue weighted by Crippen LogP contribution is 2.29. The van der Waals surface area contributed by atoms with Crippen LogP contribution in [-0.4, -0.2) is 82.4 Å². The lowest BCUT2D eigenvalue weighted by Gasteiger charge is -2.44. The van der Waals surface area contributed by atoms with E-state index in [-0.39, 0.29) is 11.7 Å². The maximum atomic E-state index is 13.1. The average molecular weight is 479 g/mol. The van der Waals surface area contributed by atoms with Gasteiger partial charge in [0.1, 0.15) is 23.5 Å². The summed E-state index contributed by atoms with van der Waals surface area (Å²) in [7, 11) is -3.29. The number of piperazine rings is 1. The van der Waals surface area contributed by atoms with E-state index in [4.69, 9.17) is 0 Å². The van der Waals surface area contributed by atoms with Crippen LogP contribution in [0, 0.1) is 0 Å². The van der Waals surface area contributed by atoms with Crippen molar-refractivity contribution in [2.45, 2.75) is 31.4 Å². The van der Waals surface area contributed by atoms with E-state index in [1.807, 2.05) is 0 Å². The maximum absolute atomic E-state index is 13.1. The van der Waals surface area contributed by atoms with E-state index in [1.165, 1.54) is 23.0 Å². The van der Waals surface area contributed by atoms with E-state index in [9.17, 15) is 17.2 Å². The molecule has 0 bridgehead atoms. The molecule has 1 unspecified atom stereocenters. The molecule has 1 N–H and O–H groups in total. The van der Waals surface area contributed by atoms with Crippen LogP contribution in [-0.2, 0) is 10.0 Å². The Kier molecular flexibility index (Phi) is 5.70. The van der Waals surface area contributed by atoms with Gasteiger partial charge in [-0.05, 0) is 31.5 Å². The molecule has 5 heterocycles. The van der Waals surface area contributed by atoms with Crippen LogP contribution in [0.4, 0.5) is 14.6 Å². The first-order chi connectivity index (χ1) is 15.8. The molecule has 2 aliphatic heterocycles. The van der Waals surface area contributed by atoms with Crippen molar-refractivity contribution in [3.05, 3.63) is 36.4 Å². The summed E-state index contributed by atoms with van der Waals surface area (Å²) in [6.07, 6.45) is 3.57. The van der Waals surface area contributed by atoms with E-state index < -0.39 is 16.4 Å². The molecule has 0 amide bonds. The fourth-order valence-corrected chi connectivity index (χ4v) is 5.17. The highest BCUT2D eigenvalue weighted by Gasteiger charge is 2.38. The summed E-state index contributed by atoms with van der Waals surface area (Å²) in [5.41, 5.74) is 1.12. The van der Waals surface area contributed by atoms with Gasteiger partial charge < -0.3 is 4.90 Å². The van der Waals surface area contributed by atoms with Crippen molar-refractivity contribution in [3.63, 3.8) is 0 Å². The van der Waals surface area contributed by atoms with Gasteiger partial charge in [-0.1, -0.05) is 0 Å². The number of hydrogen-bond donors (Lipinski definition) is 1. The number of anilines is 1. The molecule has 2 fully saturated rings. The van der Waals surface area contributed by atoms with Gasteiger partial charge in [0, 0.05) is 37.8 Å². The Morgan fingerprint density at radius 3 is 2.85 bits per heavy atom. The molecule has 33 heavy (non-hydrogen) atoms. The predicted octanol–water partition coefficient (Wildman–Crippen LogP) is 1.33. The zero-order valence-electron chi connectivity index (χ0n) is 18.0. The summed E-state index contributed by atoms with van der Waals surface area (Å²) < 4.78 is 53.6. The smallest absolute Gasteiger partial charge is 0.282 e. The number of hydrogen-bond acceptors (Lipinski definition) is 8. The minimum atomic E-state index is -3.29. The summed E-state index contributed by atoms with van der Waals surface area (Å²) >= 11 is 0. The largest absolute Gasteiger partial charge is 0.353 e. The summed E-state index contributed by atoms with van der Waals surface area (Å²) in [6.45, 7) is 2.66. The van der Waals surface area contributed by atoms with E-state index >= 15 is 0 Å². The van der Waals surface area contributed by atoms with Crippen LogP contribution in [0.1, 0.15) is 25.0 Å². The van der Waals surface area contributed by atoms with Crippen LogP contribution in [0.25, 0.3) is 17.0 Å². The predicted molar refractivity (Wildman–Crippen MR) is 118 cm³/mol.